The molecular weight excluding hydrogens is 395 g/mol. The van der Waals surface area contributed by atoms with Gasteiger partial charge in [0.15, 0.2) is 0 Å². The maximum atomic E-state index is 11.8. The van der Waals surface area contributed by atoms with Crippen LogP contribution in [0.1, 0.15) is 75.2 Å². The van der Waals surface area contributed by atoms with E-state index in [1.807, 2.05) is 12.1 Å². The van der Waals surface area contributed by atoms with Crippen molar-refractivity contribution in [2.45, 2.75) is 65.5 Å². The first-order valence-corrected chi connectivity index (χ1v) is 12.2. The van der Waals surface area contributed by atoms with Crippen molar-refractivity contribution < 1.29 is 26.5 Å². The molecule has 0 aromatic heterocycles. The van der Waals surface area contributed by atoms with Crippen molar-refractivity contribution in [3.05, 3.63) is 35.4 Å². The summed E-state index contributed by atoms with van der Waals surface area (Å²) in [6.07, 6.45) is 13.3. The third-order valence-electron chi connectivity index (χ3n) is 4.82. The van der Waals surface area contributed by atoms with Gasteiger partial charge in [0.05, 0.1) is 37.3 Å². The minimum atomic E-state index is -0.978. The number of halogens is 1. The van der Waals surface area contributed by atoms with Gasteiger partial charge in [-0.15, -0.1) is 0 Å². The third-order valence-corrected chi connectivity index (χ3v) is 9.65. The second-order valence-electron chi connectivity index (χ2n) is 6.92. The first kappa shape index (κ1) is 24.6. The zero-order chi connectivity index (χ0) is 17.8. The molecule has 0 amide bonds. The Balaban J connectivity index is 0.00000576. The van der Waals surface area contributed by atoms with Crippen LogP contribution in [0.15, 0.2) is 24.3 Å². The molecule has 0 saturated carbocycles. The Kier molecular flexibility index (Phi) is 13.5. The van der Waals surface area contributed by atoms with Crippen molar-refractivity contribution in [3.63, 3.8) is 0 Å². The zero-order valence-electron chi connectivity index (χ0n) is 16.5. The fraction of sp³-hybridized carbons (Fsp3) is 0.667. The molecule has 0 atom stereocenters. The fourth-order valence-corrected chi connectivity index (χ4v) is 8.43. The smallest absolute Gasteiger partial charge is 0.337 e. The summed E-state index contributed by atoms with van der Waals surface area (Å²) in [5, 5.41) is 0. The van der Waals surface area contributed by atoms with Crippen LogP contribution in [0.4, 0.5) is 0 Å². The SMILES string of the molecule is CCCC[P+](CCCC)(CCCC)Cc1cccc(C(=O)OC)c1.[Br-]. The van der Waals surface area contributed by atoms with Crippen molar-refractivity contribution in [1.82, 2.24) is 0 Å². The van der Waals surface area contributed by atoms with Crippen molar-refractivity contribution >= 4 is 13.2 Å². The van der Waals surface area contributed by atoms with Gasteiger partial charge in [-0.2, -0.15) is 0 Å². The molecule has 0 aliphatic carbocycles. The molecule has 0 aliphatic rings. The second-order valence-corrected chi connectivity index (χ2v) is 11.3. The van der Waals surface area contributed by atoms with Gasteiger partial charge in [0.1, 0.15) is 0 Å². The lowest BCUT2D eigenvalue weighted by molar-refractivity contribution is -0.0000199. The Hall–Kier alpha value is -0.400. The van der Waals surface area contributed by atoms with Crippen molar-refractivity contribution in [2.24, 2.45) is 0 Å². The Morgan fingerprint density at radius 1 is 0.960 bits per heavy atom. The van der Waals surface area contributed by atoms with Crippen LogP contribution in [0, 0.1) is 0 Å². The second kappa shape index (κ2) is 13.8. The van der Waals surface area contributed by atoms with Crippen LogP contribution in [0.5, 0.6) is 0 Å². The zero-order valence-corrected chi connectivity index (χ0v) is 19.0. The van der Waals surface area contributed by atoms with Gasteiger partial charge in [-0.1, -0.05) is 52.2 Å². The van der Waals surface area contributed by atoms with Crippen LogP contribution in [-0.2, 0) is 10.9 Å². The molecule has 1 aromatic rings. The molecule has 0 bridgehead atoms. The van der Waals surface area contributed by atoms with Crippen molar-refractivity contribution in [1.29, 1.82) is 0 Å². The van der Waals surface area contributed by atoms with Gasteiger partial charge in [-0.25, -0.2) is 4.79 Å². The predicted octanol–water partition coefficient (Wildman–Crippen LogP) is 3.40. The number of esters is 1. The van der Waals surface area contributed by atoms with Crippen molar-refractivity contribution in [3.8, 4) is 0 Å². The van der Waals surface area contributed by atoms with Gasteiger partial charge in [0, 0.05) is 7.26 Å². The molecule has 0 fully saturated rings. The number of hydrogen-bond acceptors (Lipinski definition) is 2. The largest absolute Gasteiger partial charge is 1.00 e. The molecule has 0 heterocycles. The first-order chi connectivity index (χ1) is 11.6. The van der Waals surface area contributed by atoms with E-state index in [1.165, 1.54) is 75.8 Å². The van der Waals surface area contributed by atoms with E-state index in [2.05, 4.69) is 32.9 Å². The molecule has 1 aromatic carbocycles. The van der Waals surface area contributed by atoms with E-state index in [9.17, 15) is 4.79 Å². The highest BCUT2D eigenvalue weighted by Gasteiger charge is 2.35. The van der Waals surface area contributed by atoms with Gasteiger partial charge in [0.2, 0.25) is 0 Å². The molecule has 0 spiro atoms. The van der Waals surface area contributed by atoms with Crippen LogP contribution in [0.2, 0.25) is 0 Å². The van der Waals surface area contributed by atoms with Crippen LogP contribution < -0.4 is 17.0 Å². The highest BCUT2D eigenvalue weighted by molar-refractivity contribution is 7.75. The van der Waals surface area contributed by atoms with E-state index < -0.39 is 7.26 Å². The molecule has 0 radical (unpaired) electrons. The highest BCUT2D eigenvalue weighted by atomic mass is 79.9. The standard InChI is InChI=1S/C21H36O2P.BrH/c1-5-8-14-24(15-9-6-2,16-10-7-3)18-19-12-11-13-20(17-19)21(22)23-4;/h11-13,17H,5-10,14-16,18H2,1-4H3;1H/q+1;/p-1. The number of benzene rings is 1. The van der Waals surface area contributed by atoms with Crippen LogP contribution in [-0.4, -0.2) is 31.6 Å². The number of ether oxygens (including phenoxy) is 1. The molecule has 4 heteroatoms. The van der Waals surface area contributed by atoms with E-state index in [1.54, 1.807) is 0 Å². The quantitative estimate of drug-likeness (QED) is 0.375. The third kappa shape index (κ3) is 8.69. The lowest BCUT2D eigenvalue weighted by Crippen LogP contribution is -3.00. The number of carbonyl (C=O) groups is 1. The molecule has 0 unspecified atom stereocenters. The molecule has 25 heavy (non-hydrogen) atoms. The van der Waals surface area contributed by atoms with Crippen LogP contribution >= 0.6 is 7.26 Å². The number of rotatable bonds is 12. The Morgan fingerprint density at radius 3 is 1.92 bits per heavy atom. The summed E-state index contributed by atoms with van der Waals surface area (Å²) in [6, 6.07) is 8.13. The van der Waals surface area contributed by atoms with E-state index in [-0.39, 0.29) is 23.0 Å². The summed E-state index contributed by atoms with van der Waals surface area (Å²) in [4.78, 5) is 11.8. The minimum absolute atomic E-state index is 0. The normalized spacial score (nSPS) is 11.0. The Labute approximate surface area is 166 Å². The maximum Gasteiger partial charge on any atom is 0.337 e. The Bertz CT molecular complexity index is 469. The minimum Gasteiger partial charge on any atom is -1.00 e. The average Bonchev–Trinajstić information content (AvgIpc) is 2.62. The summed E-state index contributed by atoms with van der Waals surface area (Å²) >= 11 is 0. The number of hydrogen-bond donors (Lipinski definition) is 0. The summed E-state index contributed by atoms with van der Waals surface area (Å²) < 4.78 is 4.89. The molecule has 1 rings (SSSR count). The topological polar surface area (TPSA) is 26.3 Å². The van der Waals surface area contributed by atoms with Crippen LogP contribution in [0.3, 0.4) is 0 Å². The molecule has 0 saturated heterocycles. The molecular formula is C21H36BrO2P. The molecule has 2 nitrogen and oxygen atoms in total. The predicted molar refractivity (Wildman–Crippen MR) is 108 cm³/mol. The summed E-state index contributed by atoms with van der Waals surface area (Å²) in [6.45, 7) is 6.89. The molecule has 144 valence electrons. The van der Waals surface area contributed by atoms with Gasteiger partial charge < -0.3 is 21.7 Å². The summed E-state index contributed by atoms with van der Waals surface area (Å²) in [7, 11) is 0.476. The monoisotopic (exact) mass is 430 g/mol. The van der Waals surface area contributed by atoms with E-state index in [4.69, 9.17) is 4.74 Å². The maximum absolute atomic E-state index is 11.8. The average molecular weight is 431 g/mol. The summed E-state index contributed by atoms with van der Waals surface area (Å²) in [5.74, 6) is -0.226. The van der Waals surface area contributed by atoms with Gasteiger partial charge in [-0.05, 0) is 37.0 Å². The first-order valence-electron chi connectivity index (χ1n) is 9.63. The van der Waals surface area contributed by atoms with Gasteiger partial charge in [-0.3, -0.25) is 0 Å². The van der Waals surface area contributed by atoms with E-state index in [0.717, 1.165) is 0 Å². The summed E-state index contributed by atoms with van der Waals surface area (Å²) in [5.41, 5.74) is 2.02. The lowest BCUT2D eigenvalue weighted by Gasteiger charge is -2.28. The number of methoxy groups -OCH3 is 1. The number of carbonyl (C=O) groups excluding carboxylic acids is 1. The lowest BCUT2D eigenvalue weighted by atomic mass is 10.1. The van der Waals surface area contributed by atoms with Crippen LogP contribution in [0.25, 0.3) is 0 Å². The molecule has 0 aliphatic heterocycles. The van der Waals surface area contributed by atoms with Gasteiger partial charge in [0.25, 0.3) is 0 Å². The van der Waals surface area contributed by atoms with E-state index in [0.29, 0.717) is 5.56 Å². The fourth-order valence-electron chi connectivity index (χ4n) is 3.35. The number of unbranched alkanes of at least 4 members (excludes halogenated alkanes) is 3. The van der Waals surface area contributed by atoms with Gasteiger partial charge >= 0.3 is 5.97 Å². The van der Waals surface area contributed by atoms with E-state index >= 15 is 0 Å². The Morgan fingerprint density at radius 2 is 1.48 bits per heavy atom. The highest BCUT2D eigenvalue weighted by Crippen LogP contribution is 2.63. The molecule has 0 N–H and O–H groups in total. The van der Waals surface area contributed by atoms with Crippen molar-refractivity contribution in [2.75, 3.05) is 25.6 Å².